The molecule has 0 fully saturated rings. The summed E-state index contributed by atoms with van der Waals surface area (Å²) < 4.78 is 3.48. The van der Waals surface area contributed by atoms with Crippen LogP contribution >= 0.6 is 0 Å². The molecule has 0 amide bonds. The van der Waals surface area contributed by atoms with Crippen molar-refractivity contribution < 1.29 is 0 Å². The van der Waals surface area contributed by atoms with Crippen LogP contribution in [0.15, 0.2) is 43.0 Å². The smallest absolute Gasteiger partial charge is 0.134 e. The lowest BCUT2D eigenvalue weighted by Crippen LogP contribution is -1.98. The number of hydrogen-bond donors (Lipinski definition) is 1. The molecule has 0 aliphatic carbocycles. The van der Waals surface area contributed by atoms with Gasteiger partial charge in [-0.05, 0) is 18.2 Å². The third-order valence-corrected chi connectivity index (χ3v) is 2.73. The summed E-state index contributed by atoms with van der Waals surface area (Å²) in [6.07, 6.45) is 6.95. The molecule has 0 aliphatic rings. The molecule has 90 valence electrons. The molecule has 0 atom stereocenters. The second-order valence-electron chi connectivity index (χ2n) is 3.92. The van der Waals surface area contributed by atoms with Crippen LogP contribution in [0.5, 0.6) is 0 Å². The number of anilines is 1. The van der Waals surface area contributed by atoms with Gasteiger partial charge in [-0.2, -0.15) is 10.2 Å². The van der Waals surface area contributed by atoms with Gasteiger partial charge in [-0.15, -0.1) is 0 Å². The normalized spacial score (nSPS) is 10.7. The van der Waals surface area contributed by atoms with Gasteiger partial charge in [0.1, 0.15) is 5.69 Å². The van der Waals surface area contributed by atoms with Gasteiger partial charge < -0.3 is 5.73 Å². The highest BCUT2D eigenvalue weighted by molar-refractivity contribution is 5.69. The van der Waals surface area contributed by atoms with Crippen molar-refractivity contribution in [1.29, 1.82) is 0 Å². The van der Waals surface area contributed by atoms with Crippen molar-refractivity contribution in [1.82, 2.24) is 24.5 Å². The lowest BCUT2D eigenvalue weighted by atomic mass is 10.3. The molecular formula is C12H12N6. The van der Waals surface area contributed by atoms with E-state index >= 15 is 0 Å². The topological polar surface area (TPSA) is 74.5 Å². The number of nitrogens with zero attached hydrogens (tertiary/aromatic N) is 5. The van der Waals surface area contributed by atoms with Gasteiger partial charge in [-0.3, -0.25) is 9.67 Å². The second-order valence-corrected chi connectivity index (χ2v) is 3.92. The third-order valence-electron chi connectivity index (χ3n) is 2.73. The molecule has 0 bridgehead atoms. The Morgan fingerprint density at radius 1 is 1.11 bits per heavy atom. The van der Waals surface area contributed by atoms with E-state index in [-0.39, 0.29) is 0 Å². The van der Waals surface area contributed by atoms with Crippen molar-refractivity contribution in [3.05, 3.63) is 43.0 Å². The quantitative estimate of drug-likeness (QED) is 0.731. The summed E-state index contributed by atoms with van der Waals surface area (Å²) >= 11 is 0. The molecule has 18 heavy (non-hydrogen) atoms. The largest absolute Gasteiger partial charge is 0.396 e. The fraction of sp³-hybridized carbons (Fsp3) is 0.0833. The molecule has 0 saturated carbocycles. The molecule has 3 aromatic heterocycles. The van der Waals surface area contributed by atoms with E-state index in [1.54, 1.807) is 34.2 Å². The first kappa shape index (κ1) is 10.5. The van der Waals surface area contributed by atoms with Crippen molar-refractivity contribution >= 4 is 5.69 Å². The summed E-state index contributed by atoms with van der Waals surface area (Å²) in [4.78, 5) is 3.98. The number of nitrogen functional groups attached to an aromatic ring is 1. The van der Waals surface area contributed by atoms with Crippen LogP contribution in [0.2, 0.25) is 0 Å². The molecule has 3 heterocycles. The maximum atomic E-state index is 6.00. The van der Waals surface area contributed by atoms with Crippen molar-refractivity contribution in [2.75, 3.05) is 5.73 Å². The summed E-state index contributed by atoms with van der Waals surface area (Å²) in [5, 5.41) is 8.60. The molecule has 0 aliphatic heterocycles. The summed E-state index contributed by atoms with van der Waals surface area (Å²) in [5.74, 6) is 0. The molecule has 0 aromatic carbocycles. The maximum Gasteiger partial charge on any atom is 0.134 e. The Balaban J connectivity index is 2.10. The minimum Gasteiger partial charge on any atom is -0.396 e. The Morgan fingerprint density at radius 2 is 1.89 bits per heavy atom. The highest BCUT2D eigenvalue weighted by Crippen LogP contribution is 2.24. The molecule has 6 nitrogen and oxygen atoms in total. The van der Waals surface area contributed by atoms with E-state index in [0.29, 0.717) is 5.69 Å². The van der Waals surface area contributed by atoms with Crippen LogP contribution < -0.4 is 5.73 Å². The van der Waals surface area contributed by atoms with Crippen molar-refractivity contribution in [2.45, 2.75) is 0 Å². The van der Waals surface area contributed by atoms with Gasteiger partial charge in [0.05, 0.1) is 23.3 Å². The predicted octanol–water partition coefficient (Wildman–Crippen LogP) is 1.25. The van der Waals surface area contributed by atoms with Crippen LogP contribution in [-0.2, 0) is 7.05 Å². The van der Waals surface area contributed by atoms with Crippen molar-refractivity contribution in [2.24, 2.45) is 7.05 Å². The molecule has 6 heteroatoms. The Hall–Kier alpha value is -2.63. The van der Waals surface area contributed by atoms with Gasteiger partial charge in [-0.25, -0.2) is 4.68 Å². The predicted molar refractivity (Wildman–Crippen MR) is 68.0 cm³/mol. The van der Waals surface area contributed by atoms with Gasteiger partial charge in [0.2, 0.25) is 0 Å². The van der Waals surface area contributed by atoms with Crippen LogP contribution in [0.1, 0.15) is 0 Å². The average Bonchev–Trinajstić information content (AvgIpc) is 2.96. The van der Waals surface area contributed by atoms with Crippen LogP contribution in [-0.4, -0.2) is 24.5 Å². The first-order chi connectivity index (χ1) is 8.75. The zero-order valence-electron chi connectivity index (χ0n) is 9.85. The number of aromatic nitrogens is 5. The molecule has 0 unspecified atom stereocenters. The van der Waals surface area contributed by atoms with E-state index in [1.165, 1.54) is 0 Å². The summed E-state index contributed by atoms with van der Waals surface area (Å²) in [6.45, 7) is 0. The molecule has 3 aromatic rings. The zero-order chi connectivity index (χ0) is 12.5. The van der Waals surface area contributed by atoms with E-state index in [2.05, 4.69) is 15.2 Å². The van der Waals surface area contributed by atoms with Gasteiger partial charge in [0, 0.05) is 25.6 Å². The summed E-state index contributed by atoms with van der Waals surface area (Å²) in [5.41, 5.74) is 9.16. The minimum atomic E-state index is 0.621. The Labute approximate surface area is 104 Å². The molecule has 0 spiro atoms. The fourth-order valence-electron chi connectivity index (χ4n) is 1.82. The molecule has 0 radical (unpaired) electrons. The van der Waals surface area contributed by atoms with E-state index in [4.69, 9.17) is 5.73 Å². The minimum absolute atomic E-state index is 0.621. The average molecular weight is 240 g/mol. The van der Waals surface area contributed by atoms with E-state index < -0.39 is 0 Å². The number of nitrogens with two attached hydrogens (primary N) is 1. The number of aryl methyl sites for hydroxylation is 1. The lowest BCUT2D eigenvalue weighted by molar-refractivity contribution is 0.769. The Kier molecular flexibility index (Phi) is 2.33. The Bertz CT molecular complexity index is 667. The fourth-order valence-corrected chi connectivity index (χ4v) is 1.82. The van der Waals surface area contributed by atoms with Gasteiger partial charge in [-0.1, -0.05) is 0 Å². The highest BCUT2D eigenvalue weighted by atomic mass is 15.3. The van der Waals surface area contributed by atoms with Crippen LogP contribution in [0.4, 0.5) is 5.69 Å². The van der Waals surface area contributed by atoms with Crippen molar-refractivity contribution in [3.63, 3.8) is 0 Å². The van der Waals surface area contributed by atoms with Crippen molar-refractivity contribution in [3.8, 4) is 17.1 Å². The van der Waals surface area contributed by atoms with Gasteiger partial charge >= 0.3 is 0 Å². The molecular weight excluding hydrogens is 228 g/mol. The van der Waals surface area contributed by atoms with Gasteiger partial charge in [0.15, 0.2) is 0 Å². The zero-order valence-corrected chi connectivity index (χ0v) is 9.85. The molecule has 2 N–H and O–H groups in total. The van der Waals surface area contributed by atoms with Gasteiger partial charge in [0.25, 0.3) is 0 Å². The maximum absolute atomic E-state index is 6.00. The monoisotopic (exact) mass is 240 g/mol. The standard InChI is InChI=1S/C12H12N6/c1-17-11(4-7-15-17)12-10(13)8-18(16-12)9-2-5-14-6-3-9/h2-8H,13H2,1H3. The molecule has 3 rings (SSSR count). The first-order valence-corrected chi connectivity index (χ1v) is 5.49. The third kappa shape index (κ3) is 1.64. The lowest BCUT2D eigenvalue weighted by Gasteiger charge is -2.00. The summed E-state index contributed by atoms with van der Waals surface area (Å²) in [7, 11) is 1.86. The molecule has 0 saturated heterocycles. The second kappa shape index (κ2) is 3.99. The number of rotatable bonds is 2. The SMILES string of the molecule is Cn1nccc1-c1nn(-c2ccncc2)cc1N. The first-order valence-electron chi connectivity index (χ1n) is 5.49. The summed E-state index contributed by atoms with van der Waals surface area (Å²) in [6, 6.07) is 5.63. The van der Waals surface area contributed by atoms with Crippen LogP contribution in [0.25, 0.3) is 17.1 Å². The van der Waals surface area contributed by atoms with E-state index in [1.807, 2.05) is 25.2 Å². The van der Waals surface area contributed by atoms with E-state index in [9.17, 15) is 0 Å². The van der Waals surface area contributed by atoms with Crippen LogP contribution in [0.3, 0.4) is 0 Å². The number of hydrogen-bond acceptors (Lipinski definition) is 4. The van der Waals surface area contributed by atoms with E-state index in [0.717, 1.165) is 17.1 Å². The van der Waals surface area contributed by atoms with Crippen LogP contribution in [0, 0.1) is 0 Å². The number of pyridine rings is 1. The highest BCUT2D eigenvalue weighted by Gasteiger charge is 2.12. The Morgan fingerprint density at radius 3 is 2.56 bits per heavy atom.